The number of aromatic amines is 1. The maximum Gasteiger partial charge on any atom is 0.214 e. The summed E-state index contributed by atoms with van der Waals surface area (Å²) in [6, 6.07) is 24.0. The van der Waals surface area contributed by atoms with Crippen LogP contribution in [0.1, 0.15) is 16.7 Å². The van der Waals surface area contributed by atoms with E-state index in [1.165, 1.54) is 11.1 Å². The van der Waals surface area contributed by atoms with Gasteiger partial charge in [-0.1, -0.05) is 48.5 Å². The molecule has 3 aromatic carbocycles. The first kappa shape index (κ1) is 20.7. The molecule has 0 aliphatic heterocycles. The highest BCUT2D eigenvalue weighted by Gasteiger charge is 2.13. The fourth-order valence-electron chi connectivity index (χ4n) is 3.30. The van der Waals surface area contributed by atoms with E-state index in [2.05, 4.69) is 34.7 Å². The van der Waals surface area contributed by atoms with Crippen molar-refractivity contribution in [3.8, 4) is 22.9 Å². The van der Waals surface area contributed by atoms with E-state index in [0.29, 0.717) is 23.7 Å². The predicted octanol–water partition coefficient (Wildman–Crippen LogP) is 5.25. The van der Waals surface area contributed by atoms with Crippen LogP contribution in [0.2, 0.25) is 0 Å². The van der Waals surface area contributed by atoms with Crippen molar-refractivity contribution in [2.75, 3.05) is 12.5 Å². The van der Waals surface area contributed by atoms with Gasteiger partial charge in [-0.15, -0.1) is 0 Å². The zero-order valence-electron chi connectivity index (χ0n) is 17.5. The molecule has 158 valence electrons. The number of hydrogen-bond donors (Lipinski definition) is 2. The SMILES string of the molecule is COc1ccccc1-c1n[nH]c(=S)n1NCc1cccc(OCc2ccccc2C)c1. The molecule has 0 aliphatic carbocycles. The third-order valence-corrected chi connectivity index (χ3v) is 5.29. The summed E-state index contributed by atoms with van der Waals surface area (Å²) >= 11 is 5.42. The molecule has 4 aromatic rings. The summed E-state index contributed by atoms with van der Waals surface area (Å²) < 4.78 is 13.7. The lowest BCUT2D eigenvalue weighted by atomic mass is 10.1. The van der Waals surface area contributed by atoms with Gasteiger partial charge in [-0.2, -0.15) is 5.10 Å². The van der Waals surface area contributed by atoms with E-state index in [0.717, 1.165) is 22.6 Å². The molecule has 0 amide bonds. The zero-order chi connectivity index (χ0) is 21.6. The van der Waals surface area contributed by atoms with Crippen molar-refractivity contribution >= 4 is 12.2 Å². The van der Waals surface area contributed by atoms with Crippen LogP contribution in [0.5, 0.6) is 11.5 Å². The van der Waals surface area contributed by atoms with Gasteiger partial charge in [0.25, 0.3) is 0 Å². The van der Waals surface area contributed by atoms with Crippen molar-refractivity contribution < 1.29 is 9.47 Å². The number of methoxy groups -OCH3 is 1. The summed E-state index contributed by atoms with van der Waals surface area (Å²) in [6.07, 6.45) is 0. The van der Waals surface area contributed by atoms with Gasteiger partial charge in [0.2, 0.25) is 4.77 Å². The van der Waals surface area contributed by atoms with E-state index in [1.54, 1.807) is 11.8 Å². The molecule has 0 unspecified atom stereocenters. The van der Waals surface area contributed by atoms with Gasteiger partial charge < -0.3 is 14.9 Å². The van der Waals surface area contributed by atoms with Crippen LogP contribution in [0.4, 0.5) is 0 Å². The minimum atomic E-state index is 0.480. The quantitative estimate of drug-likeness (QED) is 0.373. The fraction of sp³-hybridized carbons (Fsp3) is 0.167. The van der Waals surface area contributed by atoms with Gasteiger partial charge in [0.05, 0.1) is 19.2 Å². The second-order valence-corrected chi connectivity index (χ2v) is 7.47. The molecule has 6 nitrogen and oxygen atoms in total. The van der Waals surface area contributed by atoms with Crippen molar-refractivity contribution in [3.63, 3.8) is 0 Å². The Bertz CT molecular complexity index is 1230. The summed E-state index contributed by atoms with van der Waals surface area (Å²) in [5, 5.41) is 7.23. The van der Waals surface area contributed by atoms with Gasteiger partial charge >= 0.3 is 0 Å². The number of aryl methyl sites for hydroxylation is 1. The van der Waals surface area contributed by atoms with Crippen molar-refractivity contribution in [1.29, 1.82) is 0 Å². The van der Waals surface area contributed by atoms with E-state index in [-0.39, 0.29) is 0 Å². The van der Waals surface area contributed by atoms with Crippen LogP contribution in [-0.4, -0.2) is 22.0 Å². The molecule has 0 aliphatic rings. The van der Waals surface area contributed by atoms with Gasteiger partial charge in [-0.3, -0.25) is 0 Å². The average Bonchev–Trinajstić information content (AvgIpc) is 3.17. The van der Waals surface area contributed by atoms with Gasteiger partial charge in [0.15, 0.2) is 5.82 Å². The standard InChI is InChI=1S/C24H24N4O2S/c1-17-8-3-4-10-19(17)16-30-20-11-7-9-18(14-20)15-25-28-23(26-27-24(28)31)21-12-5-6-13-22(21)29-2/h3-14,25H,15-16H2,1-2H3,(H,27,31). The molecule has 2 N–H and O–H groups in total. The van der Waals surface area contributed by atoms with Gasteiger partial charge in [-0.05, 0) is 60.1 Å². The summed E-state index contributed by atoms with van der Waals surface area (Å²) in [4.78, 5) is 0. The topological polar surface area (TPSA) is 64.1 Å². The summed E-state index contributed by atoms with van der Waals surface area (Å²) in [5.74, 6) is 2.21. The first-order valence-corrected chi connectivity index (χ1v) is 10.4. The highest BCUT2D eigenvalue weighted by Crippen LogP contribution is 2.27. The minimum Gasteiger partial charge on any atom is -0.496 e. The third-order valence-electron chi connectivity index (χ3n) is 5.02. The van der Waals surface area contributed by atoms with Crippen LogP contribution in [-0.2, 0) is 13.2 Å². The van der Waals surface area contributed by atoms with E-state index in [1.807, 2.05) is 60.7 Å². The van der Waals surface area contributed by atoms with Gasteiger partial charge in [-0.25, -0.2) is 9.77 Å². The number of para-hydroxylation sites is 1. The van der Waals surface area contributed by atoms with Crippen LogP contribution in [0.25, 0.3) is 11.4 Å². The van der Waals surface area contributed by atoms with Crippen LogP contribution >= 0.6 is 12.2 Å². The van der Waals surface area contributed by atoms with Gasteiger partial charge in [0, 0.05) is 0 Å². The molecular formula is C24H24N4O2S. The lowest BCUT2D eigenvalue weighted by molar-refractivity contribution is 0.305. The Hall–Kier alpha value is -3.58. The second-order valence-electron chi connectivity index (χ2n) is 7.09. The molecule has 0 radical (unpaired) electrons. The van der Waals surface area contributed by atoms with E-state index >= 15 is 0 Å². The minimum absolute atomic E-state index is 0.480. The fourth-order valence-corrected chi connectivity index (χ4v) is 3.50. The number of ether oxygens (including phenoxy) is 2. The Morgan fingerprint density at radius 2 is 1.84 bits per heavy atom. The Kier molecular flexibility index (Phi) is 6.33. The zero-order valence-corrected chi connectivity index (χ0v) is 18.3. The maximum absolute atomic E-state index is 6.01. The molecule has 0 bridgehead atoms. The predicted molar refractivity (Wildman–Crippen MR) is 124 cm³/mol. The number of hydrogen-bond acceptors (Lipinski definition) is 5. The molecular weight excluding hydrogens is 408 g/mol. The molecule has 1 aromatic heterocycles. The van der Waals surface area contributed by atoms with E-state index in [9.17, 15) is 0 Å². The van der Waals surface area contributed by atoms with Crippen LogP contribution in [0.3, 0.4) is 0 Å². The Labute approximate surface area is 186 Å². The number of rotatable bonds is 8. The smallest absolute Gasteiger partial charge is 0.214 e. The second kappa shape index (κ2) is 9.49. The molecule has 0 saturated heterocycles. The lowest BCUT2D eigenvalue weighted by Gasteiger charge is -2.13. The molecule has 31 heavy (non-hydrogen) atoms. The molecule has 0 spiro atoms. The average molecular weight is 433 g/mol. The Balaban J connectivity index is 1.48. The van der Waals surface area contributed by atoms with E-state index < -0.39 is 0 Å². The molecule has 4 rings (SSSR count). The first-order valence-electron chi connectivity index (χ1n) is 9.96. The largest absolute Gasteiger partial charge is 0.496 e. The number of H-pyrrole nitrogens is 1. The summed E-state index contributed by atoms with van der Waals surface area (Å²) in [6.45, 7) is 3.18. The van der Waals surface area contributed by atoms with Crippen molar-refractivity contribution in [3.05, 3.63) is 94.3 Å². The molecule has 0 atom stereocenters. The van der Waals surface area contributed by atoms with Crippen LogP contribution in [0, 0.1) is 11.7 Å². The van der Waals surface area contributed by atoms with Crippen molar-refractivity contribution in [2.24, 2.45) is 0 Å². The summed E-state index contributed by atoms with van der Waals surface area (Å²) in [5.41, 5.74) is 7.66. The van der Waals surface area contributed by atoms with Gasteiger partial charge in [0.1, 0.15) is 18.1 Å². The maximum atomic E-state index is 6.01. The summed E-state index contributed by atoms with van der Waals surface area (Å²) in [7, 11) is 1.64. The molecule has 1 heterocycles. The monoisotopic (exact) mass is 432 g/mol. The number of benzene rings is 3. The Morgan fingerprint density at radius 1 is 1.03 bits per heavy atom. The number of nitrogens with zero attached hydrogens (tertiary/aromatic N) is 2. The first-order chi connectivity index (χ1) is 15.2. The highest BCUT2D eigenvalue weighted by atomic mass is 32.1. The molecule has 0 fully saturated rings. The molecule has 7 heteroatoms. The number of nitrogens with one attached hydrogen (secondary N) is 2. The third kappa shape index (κ3) is 4.78. The molecule has 0 saturated carbocycles. The van der Waals surface area contributed by atoms with Crippen LogP contribution < -0.4 is 14.9 Å². The van der Waals surface area contributed by atoms with Crippen molar-refractivity contribution in [2.45, 2.75) is 20.1 Å². The Morgan fingerprint density at radius 3 is 2.68 bits per heavy atom. The van der Waals surface area contributed by atoms with Crippen LogP contribution in [0.15, 0.2) is 72.8 Å². The van der Waals surface area contributed by atoms with Crippen molar-refractivity contribution in [1.82, 2.24) is 14.9 Å². The normalized spacial score (nSPS) is 10.6. The van der Waals surface area contributed by atoms with E-state index in [4.69, 9.17) is 21.7 Å². The number of aromatic nitrogens is 3. The lowest BCUT2D eigenvalue weighted by Crippen LogP contribution is -2.16. The highest BCUT2D eigenvalue weighted by molar-refractivity contribution is 7.71.